The largest absolute Gasteiger partial charge is 0.421 e. The molecule has 0 unspecified atom stereocenters. The smallest absolute Gasteiger partial charge is 0.249 e. The van der Waals surface area contributed by atoms with E-state index in [4.69, 9.17) is 21.8 Å². The first-order valence-electron chi connectivity index (χ1n) is 5.19. The molecule has 1 heterocycles. The molecule has 0 spiro atoms. The van der Waals surface area contributed by atoms with Crippen LogP contribution in [-0.2, 0) is 6.42 Å². The van der Waals surface area contributed by atoms with Crippen LogP contribution in [-0.4, -0.2) is 16.7 Å². The van der Waals surface area contributed by atoms with Crippen molar-refractivity contribution in [2.45, 2.75) is 12.8 Å². The van der Waals surface area contributed by atoms with Gasteiger partial charge in [-0.2, -0.15) is 0 Å². The van der Waals surface area contributed by atoms with E-state index in [9.17, 15) is 4.39 Å². The summed E-state index contributed by atoms with van der Waals surface area (Å²) in [5.41, 5.74) is 5.78. The first-order valence-corrected chi connectivity index (χ1v) is 5.57. The minimum atomic E-state index is -0.508. The van der Waals surface area contributed by atoms with E-state index < -0.39 is 5.82 Å². The minimum Gasteiger partial charge on any atom is -0.421 e. The summed E-state index contributed by atoms with van der Waals surface area (Å²) in [4.78, 5) is 0. The summed E-state index contributed by atoms with van der Waals surface area (Å²) in [6, 6.07) is 4.45. The Bertz CT molecular complexity index is 515. The van der Waals surface area contributed by atoms with Gasteiger partial charge in [-0.25, -0.2) is 4.39 Å². The quantitative estimate of drug-likeness (QED) is 0.911. The second-order valence-corrected chi connectivity index (χ2v) is 3.87. The van der Waals surface area contributed by atoms with Gasteiger partial charge in [-0.05, 0) is 25.1 Å². The average Bonchev–Trinajstić information content (AvgIpc) is 2.78. The second-order valence-electron chi connectivity index (χ2n) is 3.49. The van der Waals surface area contributed by atoms with Crippen LogP contribution in [0, 0.1) is 5.82 Å². The molecule has 4 nitrogen and oxygen atoms in total. The second kappa shape index (κ2) is 5.25. The van der Waals surface area contributed by atoms with Crippen LogP contribution in [0.25, 0.3) is 11.5 Å². The number of rotatable bonds is 4. The molecular formula is C11H11ClFN3O. The molecule has 1 aromatic heterocycles. The lowest BCUT2D eigenvalue weighted by molar-refractivity contribution is 0.498. The molecule has 0 amide bonds. The number of aromatic nitrogens is 2. The summed E-state index contributed by atoms with van der Waals surface area (Å²) >= 11 is 5.82. The van der Waals surface area contributed by atoms with Crippen LogP contribution >= 0.6 is 11.6 Å². The molecular weight excluding hydrogens is 245 g/mol. The van der Waals surface area contributed by atoms with Gasteiger partial charge in [0.1, 0.15) is 5.82 Å². The van der Waals surface area contributed by atoms with Gasteiger partial charge in [0.15, 0.2) is 0 Å². The molecule has 0 saturated heterocycles. The zero-order valence-electron chi connectivity index (χ0n) is 8.99. The molecule has 0 fully saturated rings. The van der Waals surface area contributed by atoms with E-state index in [1.165, 1.54) is 6.07 Å². The number of aryl methyl sites for hydroxylation is 1. The molecule has 0 aliphatic carbocycles. The SMILES string of the molecule is NCCCc1nnc(-c2cccc(F)c2Cl)o1. The van der Waals surface area contributed by atoms with Crippen molar-refractivity contribution in [2.75, 3.05) is 6.54 Å². The first-order chi connectivity index (χ1) is 8.22. The molecule has 90 valence electrons. The maximum Gasteiger partial charge on any atom is 0.249 e. The highest BCUT2D eigenvalue weighted by atomic mass is 35.5. The molecule has 2 rings (SSSR count). The number of hydrogen-bond donors (Lipinski definition) is 1. The minimum absolute atomic E-state index is 0.0125. The molecule has 2 N–H and O–H groups in total. The van der Waals surface area contributed by atoms with E-state index >= 15 is 0 Å². The molecule has 0 radical (unpaired) electrons. The van der Waals surface area contributed by atoms with Gasteiger partial charge in [0, 0.05) is 6.42 Å². The van der Waals surface area contributed by atoms with Gasteiger partial charge in [-0.15, -0.1) is 10.2 Å². The van der Waals surface area contributed by atoms with Gasteiger partial charge in [0.2, 0.25) is 11.8 Å². The standard InChI is InChI=1S/C11H11ClFN3O/c12-10-7(3-1-4-8(10)13)11-16-15-9(17-11)5-2-6-14/h1,3-4H,2,5-6,14H2. The molecule has 0 saturated carbocycles. The molecule has 0 atom stereocenters. The van der Waals surface area contributed by atoms with Crippen LogP contribution in [0.15, 0.2) is 22.6 Å². The summed E-state index contributed by atoms with van der Waals surface area (Å²) in [5.74, 6) is 0.193. The van der Waals surface area contributed by atoms with E-state index in [1.54, 1.807) is 12.1 Å². The van der Waals surface area contributed by atoms with E-state index in [0.29, 0.717) is 24.4 Å². The number of benzene rings is 1. The van der Waals surface area contributed by atoms with Crippen LogP contribution in [0.1, 0.15) is 12.3 Å². The van der Waals surface area contributed by atoms with Crippen molar-refractivity contribution >= 4 is 11.6 Å². The molecule has 6 heteroatoms. The van der Waals surface area contributed by atoms with Gasteiger partial charge in [-0.1, -0.05) is 17.7 Å². The number of halogens is 2. The van der Waals surface area contributed by atoms with Crippen LogP contribution in [0.3, 0.4) is 0 Å². The predicted octanol–water partition coefficient (Wildman–Crippen LogP) is 2.42. The lowest BCUT2D eigenvalue weighted by Crippen LogP contribution is -2.00. The van der Waals surface area contributed by atoms with Crippen molar-refractivity contribution in [1.82, 2.24) is 10.2 Å². The fourth-order valence-electron chi connectivity index (χ4n) is 1.39. The van der Waals surface area contributed by atoms with Gasteiger partial charge < -0.3 is 10.2 Å². The van der Waals surface area contributed by atoms with E-state index in [2.05, 4.69) is 10.2 Å². The monoisotopic (exact) mass is 255 g/mol. The Balaban J connectivity index is 2.27. The summed E-state index contributed by atoms with van der Waals surface area (Å²) in [6.45, 7) is 0.554. The van der Waals surface area contributed by atoms with Crippen molar-refractivity contribution in [3.8, 4) is 11.5 Å². The van der Waals surface area contributed by atoms with Crippen molar-refractivity contribution in [3.63, 3.8) is 0 Å². The highest BCUT2D eigenvalue weighted by Gasteiger charge is 2.14. The molecule has 1 aromatic carbocycles. The Morgan fingerprint density at radius 2 is 2.18 bits per heavy atom. The zero-order chi connectivity index (χ0) is 12.3. The van der Waals surface area contributed by atoms with Gasteiger partial charge in [-0.3, -0.25) is 0 Å². The maximum absolute atomic E-state index is 13.2. The molecule has 0 bridgehead atoms. The fourth-order valence-corrected chi connectivity index (χ4v) is 1.59. The third-order valence-corrected chi connectivity index (χ3v) is 2.63. The number of hydrogen-bond acceptors (Lipinski definition) is 4. The van der Waals surface area contributed by atoms with E-state index in [-0.39, 0.29) is 10.9 Å². The lowest BCUT2D eigenvalue weighted by Gasteiger charge is -1.99. The van der Waals surface area contributed by atoms with Crippen LogP contribution in [0.4, 0.5) is 4.39 Å². The molecule has 17 heavy (non-hydrogen) atoms. The third kappa shape index (κ3) is 2.62. The summed E-state index contributed by atoms with van der Waals surface area (Å²) in [6.07, 6.45) is 1.37. The Kier molecular flexibility index (Phi) is 3.71. The Morgan fingerprint density at radius 3 is 2.94 bits per heavy atom. The van der Waals surface area contributed by atoms with Gasteiger partial charge in [0.05, 0.1) is 10.6 Å². The van der Waals surface area contributed by atoms with Gasteiger partial charge >= 0.3 is 0 Å². The zero-order valence-corrected chi connectivity index (χ0v) is 9.75. The molecule has 0 aliphatic heterocycles. The van der Waals surface area contributed by atoms with Gasteiger partial charge in [0.25, 0.3) is 0 Å². The third-order valence-electron chi connectivity index (χ3n) is 2.24. The topological polar surface area (TPSA) is 64.9 Å². The summed E-state index contributed by atoms with van der Waals surface area (Å²) < 4.78 is 18.6. The van der Waals surface area contributed by atoms with E-state index in [1.807, 2.05) is 0 Å². The Hall–Kier alpha value is -1.46. The van der Waals surface area contributed by atoms with Crippen molar-refractivity contribution < 1.29 is 8.81 Å². The summed E-state index contributed by atoms with van der Waals surface area (Å²) in [7, 11) is 0. The van der Waals surface area contributed by atoms with Crippen molar-refractivity contribution in [1.29, 1.82) is 0 Å². The average molecular weight is 256 g/mol. The number of nitrogens with zero attached hydrogens (tertiary/aromatic N) is 2. The highest BCUT2D eigenvalue weighted by Crippen LogP contribution is 2.28. The Morgan fingerprint density at radius 1 is 1.35 bits per heavy atom. The molecule has 0 aliphatic rings. The fraction of sp³-hybridized carbons (Fsp3) is 0.273. The van der Waals surface area contributed by atoms with Crippen LogP contribution in [0.2, 0.25) is 5.02 Å². The van der Waals surface area contributed by atoms with Crippen molar-refractivity contribution in [2.24, 2.45) is 5.73 Å². The summed E-state index contributed by atoms with van der Waals surface area (Å²) in [5, 5.41) is 7.67. The predicted molar refractivity (Wildman–Crippen MR) is 62.1 cm³/mol. The number of nitrogens with two attached hydrogens (primary N) is 1. The highest BCUT2D eigenvalue weighted by molar-refractivity contribution is 6.33. The normalized spacial score (nSPS) is 10.8. The molecule has 2 aromatic rings. The Labute approximate surface area is 103 Å². The first kappa shape index (κ1) is 12.0. The maximum atomic E-state index is 13.2. The van der Waals surface area contributed by atoms with E-state index in [0.717, 1.165) is 6.42 Å². The van der Waals surface area contributed by atoms with Crippen LogP contribution < -0.4 is 5.73 Å². The lowest BCUT2D eigenvalue weighted by atomic mass is 10.2. The van der Waals surface area contributed by atoms with Crippen molar-refractivity contribution in [3.05, 3.63) is 34.9 Å². The van der Waals surface area contributed by atoms with Crippen LogP contribution in [0.5, 0.6) is 0 Å².